The van der Waals surface area contributed by atoms with Gasteiger partial charge >= 0.3 is 41.8 Å². The topological polar surface area (TPSA) is 356 Å². The molecule has 1 fully saturated rings. The predicted octanol–water partition coefficient (Wildman–Crippen LogP) is -0.0406. The molecule has 408 valence electrons. The van der Waals surface area contributed by atoms with E-state index in [1.165, 1.54) is 11.3 Å². The van der Waals surface area contributed by atoms with Crippen LogP contribution in [-0.2, 0) is 57.7 Å². The molecule has 3 atom stereocenters. The van der Waals surface area contributed by atoms with Crippen LogP contribution < -0.4 is 21.3 Å². The lowest BCUT2D eigenvalue weighted by Gasteiger charge is -2.34. The fourth-order valence-electron chi connectivity index (χ4n) is 8.72. The molecule has 2 aromatic carbocycles. The number of amides is 5. The summed E-state index contributed by atoms with van der Waals surface area (Å²) in [5.74, 6) is -8.60. The van der Waals surface area contributed by atoms with E-state index in [0.717, 1.165) is 26.8 Å². The van der Waals surface area contributed by atoms with Gasteiger partial charge in [-0.05, 0) is 60.1 Å². The molecule has 0 spiro atoms. The average Bonchev–Trinajstić information content (AvgIpc) is 3.78. The Hall–Kier alpha value is -7.26. The molecule has 10 N–H and O–H groups in total. The first-order valence-corrected chi connectivity index (χ1v) is 25.3. The van der Waals surface area contributed by atoms with Gasteiger partial charge in [0.05, 0.1) is 31.1 Å². The summed E-state index contributed by atoms with van der Waals surface area (Å²) < 4.78 is 0. The van der Waals surface area contributed by atoms with Gasteiger partial charge in [0, 0.05) is 89.7 Å². The van der Waals surface area contributed by atoms with Crippen molar-refractivity contribution in [2.45, 2.75) is 69.6 Å². The third-order valence-corrected chi connectivity index (χ3v) is 14.0. The fraction of sp³-hybridized carbons (Fsp3) is 0.510. The molecule has 0 aliphatic carbocycles. The number of hydrogen-bond donors (Lipinski definition) is 10. The summed E-state index contributed by atoms with van der Waals surface area (Å²) in [6, 6.07) is 9.89. The van der Waals surface area contributed by atoms with E-state index in [1.54, 1.807) is 25.7 Å². The maximum Gasteiger partial charge on any atom is 0.326 e. The number of nitrogens with one attached hydrogen (secondary N) is 4. The van der Waals surface area contributed by atoms with Crippen LogP contribution in [0.25, 0.3) is 10.8 Å². The van der Waals surface area contributed by atoms with Crippen molar-refractivity contribution in [2.75, 3.05) is 91.6 Å². The van der Waals surface area contributed by atoms with Crippen LogP contribution in [0.5, 0.6) is 0 Å². The lowest BCUT2D eigenvalue weighted by atomic mass is 10.0. The van der Waals surface area contributed by atoms with E-state index < -0.39 is 84.6 Å². The van der Waals surface area contributed by atoms with E-state index in [1.807, 2.05) is 47.4 Å². The lowest BCUT2D eigenvalue weighted by molar-refractivity contribution is -0.141. The molecule has 5 rings (SSSR count). The molecule has 2 aliphatic rings. The van der Waals surface area contributed by atoms with Crippen LogP contribution in [0.1, 0.15) is 57.8 Å². The maximum absolute atomic E-state index is 14.0. The van der Waals surface area contributed by atoms with Crippen LogP contribution in [0.4, 0.5) is 4.79 Å². The van der Waals surface area contributed by atoms with Crippen molar-refractivity contribution in [1.82, 2.24) is 45.8 Å². The molecule has 2 aliphatic heterocycles. The number of carbonyl (C=O) groups is 10. The SMILES string of the molecule is O=C(O)CCC(NC(=O)N[C@@H](CCCCNC(=O)[C@H](Cc1ccc2ccccc2c1)NC(=O)c1cc2c(s1)CCN(C(=O)CN1CCN(CC(=O)O)CCN(CC(=O)O)CCN(CC(=O)O)CC1)C2)C(=O)O)C(=O)O. The fourth-order valence-corrected chi connectivity index (χ4v) is 9.79. The number of urea groups is 1. The van der Waals surface area contributed by atoms with Gasteiger partial charge in [0.25, 0.3) is 5.91 Å². The van der Waals surface area contributed by atoms with E-state index in [0.29, 0.717) is 17.8 Å². The smallest absolute Gasteiger partial charge is 0.326 e. The molecule has 1 unspecified atom stereocenters. The molecule has 1 saturated heterocycles. The van der Waals surface area contributed by atoms with E-state index in [2.05, 4.69) is 21.3 Å². The zero-order chi connectivity index (χ0) is 54.6. The van der Waals surface area contributed by atoms with Crippen molar-refractivity contribution in [3.63, 3.8) is 0 Å². The van der Waals surface area contributed by atoms with Crippen LogP contribution in [0, 0.1) is 0 Å². The number of thiophene rings is 1. The van der Waals surface area contributed by atoms with E-state index in [-0.39, 0.29) is 123 Å². The van der Waals surface area contributed by atoms with Gasteiger partial charge in [-0.1, -0.05) is 42.5 Å². The molecule has 0 radical (unpaired) electrons. The highest BCUT2D eigenvalue weighted by Gasteiger charge is 2.30. The summed E-state index contributed by atoms with van der Waals surface area (Å²) in [7, 11) is 0. The van der Waals surface area contributed by atoms with Gasteiger partial charge in [-0.25, -0.2) is 14.4 Å². The number of aliphatic carboxylic acids is 6. The number of unbranched alkanes of at least 4 members (excludes halogenated alkanes) is 1. The van der Waals surface area contributed by atoms with E-state index in [4.69, 9.17) is 5.11 Å². The molecule has 3 aromatic rings. The number of benzene rings is 2. The summed E-state index contributed by atoms with van der Waals surface area (Å²) in [4.78, 5) is 133. The van der Waals surface area contributed by atoms with Gasteiger partial charge in [0.2, 0.25) is 11.8 Å². The van der Waals surface area contributed by atoms with Gasteiger partial charge in [0.15, 0.2) is 0 Å². The summed E-state index contributed by atoms with van der Waals surface area (Å²) >= 11 is 1.25. The molecule has 26 heteroatoms. The van der Waals surface area contributed by atoms with Gasteiger partial charge in [-0.15, -0.1) is 11.3 Å². The highest BCUT2D eigenvalue weighted by molar-refractivity contribution is 7.14. The molecule has 3 heterocycles. The largest absolute Gasteiger partial charge is 0.481 e. The van der Waals surface area contributed by atoms with Crippen LogP contribution in [-0.4, -0.2) is 224 Å². The normalized spacial score (nSPS) is 16.5. The average molecular weight is 1070 g/mol. The molecule has 75 heavy (non-hydrogen) atoms. The number of rotatable bonds is 25. The van der Waals surface area contributed by atoms with Crippen molar-refractivity contribution >= 4 is 81.7 Å². The van der Waals surface area contributed by atoms with Gasteiger partial charge in [0.1, 0.15) is 18.1 Å². The van der Waals surface area contributed by atoms with Crippen LogP contribution >= 0.6 is 11.3 Å². The zero-order valence-corrected chi connectivity index (χ0v) is 42.1. The molecule has 25 nitrogen and oxygen atoms in total. The van der Waals surface area contributed by atoms with Crippen LogP contribution in [0.2, 0.25) is 0 Å². The van der Waals surface area contributed by atoms with Crippen molar-refractivity contribution < 1.29 is 78.6 Å². The van der Waals surface area contributed by atoms with Crippen molar-refractivity contribution in [3.8, 4) is 0 Å². The Morgan fingerprint density at radius 3 is 1.63 bits per heavy atom. The van der Waals surface area contributed by atoms with Gasteiger partial charge in [-0.3, -0.25) is 53.2 Å². The van der Waals surface area contributed by atoms with Crippen LogP contribution in [0.3, 0.4) is 0 Å². The summed E-state index contributed by atoms with van der Waals surface area (Å²) in [5.41, 5.74) is 1.52. The quantitative estimate of drug-likeness (QED) is 0.0498. The Morgan fingerprint density at radius 1 is 0.560 bits per heavy atom. The Morgan fingerprint density at radius 2 is 1.09 bits per heavy atom. The molecule has 5 amide bonds. The number of nitrogens with zero attached hydrogens (tertiary/aromatic N) is 5. The minimum atomic E-state index is -1.56. The van der Waals surface area contributed by atoms with Crippen molar-refractivity contribution in [1.29, 1.82) is 0 Å². The van der Waals surface area contributed by atoms with E-state index >= 15 is 0 Å². The Balaban J connectivity index is 1.21. The second kappa shape index (κ2) is 29.0. The second-order valence-electron chi connectivity index (χ2n) is 18.4. The molecule has 1 aromatic heterocycles. The standard InChI is InChI=1S/C49H65N9O16S/c59-40(27-54-15-17-55(28-42(62)63)19-21-57(30-44(66)67)22-20-56(18-16-54)29-43(64)65)58-14-12-38-34(26-58)25-39(75-38)46(69)51-37(24-31-8-9-32-5-1-2-6-33(32)23-31)45(68)50-13-4-3-7-35(47(70)71)52-49(74)53-36(48(72)73)10-11-41(60)61/h1-2,5-6,8-9,23,25,35-37H,3-4,7,10-22,24,26-30H2,(H,50,68)(H,51,69)(H,60,61)(H,62,63)(H,64,65)(H,66,67)(H,70,71)(H,72,73)(H2,52,53,74)/t35-,36?,37-/m0/s1. The number of carboxylic acids is 6. The molecule has 0 bridgehead atoms. The highest BCUT2D eigenvalue weighted by Crippen LogP contribution is 2.29. The van der Waals surface area contributed by atoms with E-state index in [9.17, 15) is 73.5 Å². The maximum atomic E-state index is 14.0. The Bertz CT molecular complexity index is 2510. The monoisotopic (exact) mass is 1070 g/mol. The van der Waals surface area contributed by atoms with Gasteiger partial charge in [-0.2, -0.15) is 0 Å². The number of carboxylic acid groups (broad SMARTS) is 6. The summed E-state index contributed by atoms with van der Waals surface area (Å²) in [6.45, 7) is 1.66. The third kappa shape index (κ3) is 19.8. The molecular formula is C49H65N9O16S. The van der Waals surface area contributed by atoms with Crippen LogP contribution in [0.15, 0.2) is 48.5 Å². The summed E-state index contributed by atoms with van der Waals surface area (Å²) in [5, 5.41) is 68.4. The Kier molecular flexibility index (Phi) is 22.7. The first-order valence-electron chi connectivity index (χ1n) is 24.5. The van der Waals surface area contributed by atoms with Gasteiger partial charge < -0.3 is 56.8 Å². The zero-order valence-electron chi connectivity index (χ0n) is 41.3. The molecule has 0 saturated carbocycles. The third-order valence-electron chi connectivity index (χ3n) is 12.8. The predicted molar refractivity (Wildman–Crippen MR) is 269 cm³/mol. The lowest BCUT2D eigenvalue weighted by Crippen LogP contribution is -2.51. The number of carbonyl (C=O) groups excluding carboxylic acids is 4. The van der Waals surface area contributed by atoms with Crippen molar-refractivity contribution in [3.05, 3.63) is 69.4 Å². The molecular weight excluding hydrogens is 1000 g/mol. The van der Waals surface area contributed by atoms with Crippen molar-refractivity contribution in [2.24, 2.45) is 0 Å². The Labute approximate surface area is 435 Å². The highest BCUT2D eigenvalue weighted by atomic mass is 32.1. The minimum Gasteiger partial charge on any atom is -0.481 e. The first kappa shape index (κ1) is 58.6. The first-order chi connectivity index (χ1) is 35.7. The second-order valence-corrected chi connectivity index (χ2v) is 19.6. The number of fused-ring (bicyclic) bond motifs is 2. The minimum absolute atomic E-state index is 0.0495. The number of hydrogen-bond acceptors (Lipinski definition) is 15. The summed E-state index contributed by atoms with van der Waals surface area (Å²) in [6.07, 6.45) is -0.0247.